The van der Waals surface area contributed by atoms with Gasteiger partial charge in [0.05, 0.1) is 6.54 Å². The number of rotatable bonds is 3. The molecule has 1 saturated carbocycles. The van der Waals surface area contributed by atoms with Crippen molar-refractivity contribution >= 4 is 17.8 Å². The van der Waals surface area contributed by atoms with Gasteiger partial charge in [0.25, 0.3) is 0 Å². The number of fused-ring (bicyclic) bond motifs is 1. The van der Waals surface area contributed by atoms with E-state index in [9.17, 15) is 0 Å². The highest BCUT2D eigenvalue weighted by atomic mass is 32.2. The molecule has 0 spiro atoms. The van der Waals surface area contributed by atoms with Crippen LogP contribution in [0.1, 0.15) is 24.8 Å². The van der Waals surface area contributed by atoms with Gasteiger partial charge in [-0.25, -0.2) is 4.98 Å². The van der Waals surface area contributed by atoms with Crippen molar-refractivity contribution in [3.05, 3.63) is 42.1 Å². The van der Waals surface area contributed by atoms with E-state index in [0.717, 1.165) is 25.2 Å². The predicted molar refractivity (Wildman–Crippen MR) is 78.8 cm³/mol. The van der Waals surface area contributed by atoms with E-state index in [2.05, 4.69) is 38.5 Å². The van der Waals surface area contributed by atoms with Crippen molar-refractivity contribution in [1.29, 1.82) is 0 Å². The zero-order chi connectivity index (χ0) is 13.4. The molecule has 1 fully saturated rings. The molecule has 20 heavy (non-hydrogen) atoms. The maximum atomic E-state index is 5.77. The molecule has 4 nitrogen and oxygen atoms in total. The number of nitrogens with zero attached hydrogens (tertiary/aromatic N) is 3. The van der Waals surface area contributed by atoms with Crippen LogP contribution in [0, 0.1) is 0 Å². The molecule has 0 atom stereocenters. The number of anilines is 1. The second-order valence-electron chi connectivity index (χ2n) is 5.10. The quantitative estimate of drug-likeness (QED) is 0.808. The Labute approximate surface area is 122 Å². The molecule has 0 amide bonds. The van der Waals surface area contributed by atoms with E-state index in [-0.39, 0.29) is 0 Å². The summed E-state index contributed by atoms with van der Waals surface area (Å²) in [6.07, 6.45) is 5.59. The summed E-state index contributed by atoms with van der Waals surface area (Å²) < 4.78 is 7.95. The molecule has 0 N–H and O–H groups in total. The summed E-state index contributed by atoms with van der Waals surface area (Å²) in [5.74, 6) is 0.913. The van der Waals surface area contributed by atoms with E-state index < -0.39 is 0 Å². The van der Waals surface area contributed by atoms with Gasteiger partial charge in [-0.2, -0.15) is 4.98 Å². The summed E-state index contributed by atoms with van der Waals surface area (Å²) in [5, 5.41) is 0. The third-order valence-electron chi connectivity index (χ3n) is 3.69. The molecular weight excluding hydrogens is 270 g/mol. The Morgan fingerprint density at radius 3 is 2.90 bits per heavy atom. The average Bonchev–Trinajstić information content (AvgIpc) is 2.87. The lowest BCUT2D eigenvalue weighted by Crippen LogP contribution is -2.25. The van der Waals surface area contributed by atoms with Crippen molar-refractivity contribution in [3.63, 3.8) is 0 Å². The van der Waals surface area contributed by atoms with Gasteiger partial charge >= 0.3 is 6.01 Å². The van der Waals surface area contributed by atoms with Gasteiger partial charge in [0.1, 0.15) is 11.9 Å². The van der Waals surface area contributed by atoms with Crippen LogP contribution >= 0.6 is 11.9 Å². The third-order valence-corrected chi connectivity index (χ3v) is 4.83. The van der Waals surface area contributed by atoms with E-state index in [1.165, 1.54) is 16.9 Å². The monoisotopic (exact) mass is 285 g/mol. The van der Waals surface area contributed by atoms with Crippen LogP contribution in [0.25, 0.3) is 0 Å². The van der Waals surface area contributed by atoms with Gasteiger partial charge in [0.15, 0.2) is 0 Å². The minimum Gasteiger partial charge on any atom is -0.460 e. The number of hydrogen-bond acceptors (Lipinski definition) is 5. The van der Waals surface area contributed by atoms with Crippen LogP contribution in [-0.2, 0) is 6.54 Å². The number of benzene rings is 1. The fraction of sp³-hybridized carbons (Fsp3) is 0.333. The second-order valence-corrected chi connectivity index (χ2v) is 6.17. The number of hydrogen-bond donors (Lipinski definition) is 0. The van der Waals surface area contributed by atoms with E-state index in [0.29, 0.717) is 12.1 Å². The van der Waals surface area contributed by atoms with Crippen molar-refractivity contribution < 1.29 is 4.74 Å². The molecule has 102 valence electrons. The standard InChI is InChI=1S/C15H15N3OS/c1-2-7-13-11(4-1)10-18(20-13)14-8-9-16-15(17-14)19-12-5-3-6-12/h1-2,4,7-9,12H,3,5-6,10H2. The van der Waals surface area contributed by atoms with Gasteiger partial charge in [-0.05, 0) is 42.8 Å². The van der Waals surface area contributed by atoms with E-state index in [1.807, 2.05) is 6.07 Å². The topological polar surface area (TPSA) is 38.2 Å². The lowest BCUT2D eigenvalue weighted by molar-refractivity contribution is 0.108. The zero-order valence-electron chi connectivity index (χ0n) is 11.0. The van der Waals surface area contributed by atoms with Gasteiger partial charge in [0, 0.05) is 17.2 Å². The Morgan fingerprint density at radius 2 is 2.10 bits per heavy atom. The minimum absolute atomic E-state index is 0.314. The molecule has 0 bridgehead atoms. The van der Waals surface area contributed by atoms with Crippen molar-refractivity contribution in [2.75, 3.05) is 4.31 Å². The fourth-order valence-corrected chi connectivity index (χ4v) is 3.35. The van der Waals surface area contributed by atoms with Crippen LogP contribution in [0.3, 0.4) is 0 Å². The van der Waals surface area contributed by atoms with Crippen LogP contribution in [0.4, 0.5) is 5.82 Å². The van der Waals surface area contributed by atoms with Gasteiger partial charge in [0.2, 0.25) is 0 Å². The highest BCUT2D eigenvalue weighted by molar-refractivity contribution is 8.01. The highest BCUT2D eigenvalue weighted by Gasteiger charge is 2.23. The molecule has 0 radical (unpaired) electrons. The number of ether oxygens (including phenoxy) is 1. The molecule has 4 rings (SSSR count). The minimum atomic E-state index is 0.314. The molecular formula is C15H15N3OS. The summed E-state index contributed by atoms with van der Waals surface area (Å²) in [4.78, 5) is 10.0. The van der Waals surface area contributed by atoms with E-state index in [4.69, 9.17) is 4.74 Å². The Morgan fingerprint density at radius 1 is 1.20 bits per heavy atom. The maximum absolute atomic E-state index is 5.77. The molecule has 5 heteroatoms. The summed E-state index contributed by atoms with van der Waals surface area (Å²) in [5.41, 5.74) is 1.34. The summed E-state index contributed by atoms with van der Waals surface area (Å²) >= 11 is 1.72. The first-order valence-corrected chi connectivity index (χ1v) is 7.69. The fourth-order valence-electron chi connectivity index (χ4n) is 2.32. The van der Waals surface area contributed by atoms with Crippen molar-refractivity contribution in [2.45, 2.75) is 36.8 Å². The Kier molecular flexibility index (Phi) is 2.99. The van der Waals surface area contributed by atoms with E-state index in [1.54, 1.807) is 18.1 Å². The first-order chi connectivity index (χ1) is 9.88. The Bertz CT molecular complexity index is 605. The smallest absolute Gasteiger partial charge is 0.318 e. The summed E-state index contributed by atoms with van der Waals surface area (Å²) in [6.45, 7) is 0.876. The van der Waals surface area contributed by atoms with Crippen LogP contribution in [0.2, 0.25) is 0 Å². The molecule has 2 aromatic rings. The molecule has 1 aliphatic heterocycles. The molecule has 0 saturated heterocycles. The predicted octanol–water partition coefficient (Wildman–Crippen LogP) is 3.44. The van der Waals surface area contributed by atoms with Crippen LogP contribution < -0.4 is 9.04 Å². The van der Waals surface area contributed by atoms with Crippen LogP contribution in [0.15, 0.2) is 41.4 Å². The van der Waals surface area contributed by atoms with Crippen LogP contribution in [0.5, 0.6) is 6.01 Å². The molecule has 0 unspecified atom stereocenters. The highest BCUT2D eigenvalue weighted by Crippen LogP contribution is 2.38. The normalized spacial score (nSPS) is 17.7. The molecule has 1 aromatic heterocycles. The van der Waals surface area contributed by atoms with Crippen molar-refractivity contribution in [1.82, 2.24) is 9.97 Å². The summed E-state index contributed by atoms with van der Waals surface area (Å²) in [7, 11) is 0. The second kappa shape index (κ2) is 4.98. The Balaban J connectivity index is 1.53. The van der Waals surface area contributed by atoms with Gasteiger partial charge in [-0.3, -0.25) is 4.31 Å². The van der Waals surface area contributed by atoms with Gasteiger partial charge in [-0.15, -0.1) is 0 Å². The molecule has 1 aliphatic carbocycles. The third kappa shape index (κ3) is 2.22. The molecule has 1 aromatic carbocycles. The first-order valence-electron chi connectivity index (χ1n) is 6.91. The summed E-state index contributed by atoms with van der Waals surface area (Å²) in [6, 6.07) is 10.9. The molecule has 2 heterocycles. The average molecular weight is 285 g/mol. The van der Waals surface area contributed by atoms with Gasteiger partial charge < -0.3 is 4.74 Å². The van der Waals surface area contributed by atoms with Crippen molar-refractivity contribution in [3.8, 4) is 6.01 Å². The lowest BCUT2D eigenvalue weighted by Gasteiger charge is -2.25. The maximum Gasteiger partial charge on any atom is 0.318 e. The first kappa shape index (κ1) is 12.0. The lowest BCUT2D eigenvalue weighted by atomic mass is 9.96. The van der Waals surface area contributed by atoms with E-state index >= 15 is 0 Å². The number of aromatic nitrogens is 2. The largest absolute Gasteiger partial charge is 0.460 e. The molecule has 2 aliphatic rings. The van der Waals surface area contributed by atoms with Crippen molar-refractivity contribution in [2.24, 2.45) is 0 Å². The Hall–Kier alpha value is -1.75. The van der Waals surface area contributed by atoms with Crippen LogP contribution in [-0.4, -0.2) is 16.1 Å². The SMILES string of the molecule is c1ccc2c(c1)CN(c1ccnc(OC3CCC3)n1)S2. The zero-order valence-corrected chi connectivity index (χ0v) is 11.8. The van der Waals surface area contributed by atoms with Gasteiger partial charge in [-0.1, -0.05) is 18.2 Å².